The third-order valence-corrected chi connectivity index (χ3v) is 4.10. The molecule has 0 saturated heterocycles. The van der Waals surface area contributed by atoms with Gasteiger partial charge in [0, 0.05) is 6.42 Å². The number of halogens is 1. The van der Waals surface area contributed by atoms with Crippen molar-refractivity contribution in [3.63, 3.8) is 0 Å². The molecule has 0 heterocycles. The van der Waals surface area contributed by atoms with Crippen LogP contribution in [0.3, 0.4) is 0 Å². The van der Waals surface area contributed by atoms with Gasteiger partial charge in [-0.2, -0.15) is 0 Å². The molecule has 1 unspecified atom stereocenters. The Morgan fingerprint density at radius 3 is 2.74 bits per heavy atom. The number of rotatable bonds is 4. The second kappa shape index (κ2) is 6.29. The van der Waals surface area contributed by atoms with E-state index >= 15 is 0 Å². The molecule has 0 aromatic heterocycles. The first-order chi connectivity index (χ1) is 9.08. The summed E-state index contributed by atoms with van der Waals surface area (Å²) in [4.78, 5) is 12.1. The smallest absolute Gasteiger partial charge is 0.165 e. The molecule has 1 aromatic rings. The van der Waals surface area contributed by atoms with Crippen molar-refractivity contribution in [2.75, 3.05) is 0 Å². The van der Waals surface area contributed by atoms with Crippen LogP contribution in [0.25, 0.3) is 0 Å². The fourth-order valence-electron chi connectivity index (χ4n) is 2.84. The number of benzene rings is 1. The van der Waals surface area contributed by atoms with Gasteiger partial charge in [-0.1, -0.05) is 25.3 Å². The van der Waals surface area contributed by atoms with E-state index < -0.39 is 6.10 Å². The number of aliphatic hydroxyl groups is 1. The normalized spacial score (nSPS) is 18.3. The van der Waals surface area contributed by atoms with Crippen LogP contribution in [0.1, 0.15) is 43.2 Å². The van der Waals surface area contributed by atoms with Crippen molar-refractivity contribution < 1.29 is 14.3 Å². The van der Waals surface area contributed by atoms with Crippen LogP contribution in [0.15, 0.2) is 18.2 Å². The van der Waals surface area contributed by atoms with Crippen molar-refractivity contribution in [2.24, 2.45) is 5.92 Å². The van der Waals surface area contributed by atoms with Crippen LogP contribution in [0, 0.1) is 18.7 Å². The first-order valence-electron chi connectivity index (χ1n) is 7.03. The average Bonchev–Trinajstić information content (AvgIpc) is 2.43. The Morgan fingerprint density at radius 1 is 1.37 bits per heavy atom. The van der Waals surface area contributed by atoms with Gasteiger partial charge in [0.25, 0.3) is 0 Å². The van der Waals surface area contributed by atoms with Crippen molar-refractivity contribution >= 4 is 5.78 Å². The molecule has 0 bridgehead atoms. The molecule has 104 valence electrons. The van der Waals surface area contributed by atoms with E-state index in [0.29, 0.717) is 5.56 Å². The van der Waals surface area contributed by atoms with Gasteiger partial charge >= 0.3 is 0 Å². The van der Waals surface area contributed by atoms with Crippen molar-refractivity contribution in [3.8, 4) is 0 Å². The van der Waals surface area contributed by atoms with E-state index in [4.69, 9.17) is 0 Å². The summed E-state index contributed by atoms with van der Waals surface area (Å²) in [7, 11) is 0. The van der Waals surface area contributed by atoms with Gasteiger partial charge in [-0.3, -0.25) is 4.79 Å². The average molecular weight is 264 g/mol. The molecule has 2 nitrogen and oxygen atoms in total. The monoisotopic (exact) mass is 264 g/mol. The summed E-state index contributed by atoms with van der Waals surface area (Å²) in [6, 6.07) is 4.45. The van der Waals surface area contributed by atoms with Gasteiger partial charge in [-0.25, -0.2) is 4.39 Å². The van der Waals surface area contributed by atoms with Crippen LogP contribution in [-0.4, -0.2) is 17.0 Å². The quantitative estimate of drug-likeness (QED) is 0.906. The van der Waals surface area contributed by atoms with Gasteiger partial charge in [-0.05, 0) is 48.9 Å². The SMILES string of the molecule is Cc1ccc(F)cc1CC(=O)C(O)C1CCCCC1. The van der Waals surface area contributed by atoms with Crippen molar-refractivity contribution in [1.29, 1.82) is 0 Å². The van der Waals surface area contributed by atoms with Gasteiger partial charge < -0.3 is 5.11 Å². The first kappa shape index (κ1) is 14.2. The minimum atomic E-state index is -0.886. The lowest BCUT2D eigenvalue weighted by Gasteiger charge is -2.25. The van der Waals surface area contributed by atoms with Crippen LogP contribution in [0.2, 0.25) is 0 Å². The Morgan fingerprint density at radius 2 is 2.05 bits per heavy atom. The maximum Gasteiger partial charge on any atom is 0.165 e. The van der Waals surface area contributed by atoms with E-state index in [0.717, 1.165) is 31.2 Å². The van der Waals surface area contributed by atoms with Gasteiger partial charge in [-0.15, -0.1) is 0 Å². The lowest BCUT2D eigenvalue weighted by atomic mass is 9.82. The second-order valence-electron chi connectivity index (χ2n) is 5.56. The van der Waals surface area contributed by atoms with Crippen molar-refractivity contribution in [1.82, 2.24) is 0 Å². The molecule has 19 heavy (non-hydrogen) atoms. The number of Topliss-reactive ketones (excluding diaryl/α,β-unsaturated/α-hetero) is 1. The fourth-order valence-corrected chi connectivity index (χ4v) is 2.84. The molecule has 0 aliphatic heterocycles. The predicted octanol–water partition coefficient (Wildman–Crippen LogP) is 3.19. The number of hydrogen-bond acceptors (Lipinski definition) is 2. The summed E-state index contributed by atoms with van der Waals surface area (Å²) in [5.74, 6) is -0.420. The number of carbonyl (C=O) groups is 1. The summed E-state index contributed by atoms with van der Waals surface area (Å²) in [6.45, 7) is 1.86. The topological polar surface area (TPSA) is 37.3 Å². The van der Waals surface area contributed by atoms with Crippen LogP contribution >= 0.6 is 0 Å². The van der Waals surface area contributed by atoms with Gasteiger partial charge in [0.2, 0.25) is 0 Å². The molecule has 1 fully saturated rings. The number of aliphatic hydroxyl groups excluding tert-OH is 1. The van der Waals surface area contributed by atoms with E-state index in [1.54, 1.807) is 6.07 Å². The molecule has 0 amide bonds. The van der Waals surface area contributed by atoms with Crippen molar-refractivity contribution in [3.05, 3.63) is 35.1 Å². The van der Waals surface area contributed by atoms with E-state index in [1.807, 2.05) is 6.92 Å². The molecule has 2 rings (SSSR count). The molecular formula is C16H21FO2. The Labute approximate surface area is 113 Å². The molecule has 1 aliphatic rings. The maximum atomic E-state index is 13.2. The molecular weight excluding hydrogens is 243 g/mol. The summed E-state index contributed by atoms with van der Waals surface area (Å²) < 4.78 is 13.2. The summed E-state index contributed by atoms with van der Waals surface area (Å²) in [5.41, 5.74) is 1.57. The largest absolute Gasteiger partial charge is 0.385 e. The molecule has 1 N–H and O–H groups in total. The van der Waals surface area contributed by atoms with Gasteiger partial charge in [0.15, 0.2) is 5.78 Å². The Balaban J connectivity index is 2.01. The third kappa shape index (κ3) is 3.63. The number of hydrogen-bond donors (Lipinski definition) is 1. The molecule has 0 radical (unpaired) electrons. The Kier molecular flexibility index (Phi) is 4.70. The minimum Gasteiger partial charge on any atom is -0.385 e. The van der Waals surface area contributed by atoms with Crippen LogP contribution in [0.4, 0.5) is 4.39 Å². The molecule has 3 heteroatoms. The Bertz CT molecular complexity index is 450. The van der Waals surface area contributed by atoms with Crippen LogP contribution in [-0.2, 0) is 11.2 Å². The molecule has 0 spiro atoms. The molecule has 1 aromatic carbocycles. The summed E-state index contributed by atoms with van der Waals surface area (Å²) in [6.07, 6.45) is 4.47. The lowest BCUT2D eigenvalue weighted by molar-refractivity contribution is -0.129. The molecule has 1 atom stereocenters. The van der Waals surface area contributed by atoms with E-state index in [9.17, 15) is 14.3 Å². The summed E-state index contributed by atoms with van der Waals surface area (Å²) in [5, 5.41) is 10.1. The van der Waals surface area contributed by atoms with E-state index in [1.165, 1.54) is 18.6 Å². The first-order valence-corrected chi connectivity index (χ1v) is 7.03. The molecule has 1 aliphatic carbocycles. The second-order valence-corrected chi connectivity index (χ2v) is 5.56. The Hall–Kier alpha value is -1.22. The zero-order valence-electron chi connectivity index (χ0n) is 11.4. The van der Waals surface area contributed by atoms with E-state index in [2.05, 4.69) is 0 Å². The van der Waals surface area contributed by atoms with E-state index in [-0.39, 0.29) is 23.9 Å². The molecule has 1 saturated carbocycles. The highest BCUT2D eigenvalue weighted by Gasteiger charge is 2.27. The van der Waals surface area contributed by atoms with Crippen LogP contribution < -0.4 is 0 Å². The third-order valence-electron chi connectivity index (χ3n) is 4.10. The maximum absolute atomic E-state index is 13.2. The van der Waals surface area contributed by atoms with Crippen LogP contribution in [0.5, 0.6) is 0 Å². The highest BCUT2D eigenvalue weighted by Crippen LogP contribution is 2.27. The predicted molar refractivity (Wildman–Crippen MR) is 72.4 cm³/mol. The zero-order valence-corrected chi connectivity index (χ0v) is 11.4. The number of carbonyl (C=O) groups excluding carboxylic acids is 1. The van der Waals surface area contributed by atoms with Gasteiger partial charge in [0.05, 0.1) is 0 Å². The zero-order chi connectivity index (χ0) is 13.8. The highest BCUT2D eigenvalue weighted by atomic mass is 19.1. The highest BCUT2D eigenvalue weighted by molar-refractivity contribution is 5.85. The number of aryl methyl sites for hydroxylation is 1. The fraction of sp³-hybridized carbons (Fsp3) is 0.562. The summed E-state index contributed by atoms with van der Waals surface area (Å²) >= 11 is 0. The van der Waals surface area contributed by atoms with Crippen molar-refractivity contribution in [2.45, 2.75) is 51.6 Å². The standard InChI is InChI=1S/C16H21FO2/c1-11-7-8-14(17)9-13(11)10-15(18)16(19)12-5-3-2-4-6-12/h7-9,12,16,19H,2-6,10H2,1H3. The minimum absolute atomic E-state index is 0.0927. The number of ketones is 1. The van der Waals surface area contributed by atoms with Gasteiger partial charge in [0.1, 0.15) is 11.9 Å². The lowest BCUT2D eigenvalue weighted by Crippen LogP contribution is -2.32.